The molecule has 0 atom stereocenters. The lowest BCUT2D eigenvalue weighted by Gasteiger charge is -2.26. The van der Waals surface area contributed by atoms with Gasteiger partial charge in [0, 0.05) is 84.8 Å². The molecule has 13 rings (SSSR count). The van der Waals surface area contributed by atoms with Crippen LogP contribution in [0, 0.1) is 6.92 Å². The molecule has 0 aliphatic carbocycles. The molecule has 90 heavy (non-hydrogen) atoms. The molecule has 11 aromatic carbocycles. The average Bonchev–Trinajstić information content (AvgIpc) is 1.52. The number of nitrogens with zero attached hydrogens (tertiary/aromatic N) is 7. The second-order valence-electron chi connectivity index (χ2n) is 22.3. The summed E-state index contributed by atoms with van der Waals surface area (Å²) < 4.78 is 13.2. The van der Waals surface area contributed by atoms with Gasteiger partial charge in [-0.3, -0.25) is 14.7 Å². The Balaban J connectivity index is 0.865. The van der Waals surface area contributed by atoms with Gasteiger partial charge in [-0.2, -0.15) is 10.2 Å². The maximum absolute atomic E-state index is 15.1. The lowest BCUT2D eigenvalue weighted by molar-refractivity contribution is 0.0950. The molecule has 2 heterocycles. The largest absolute Gasteiger partial charge is 0.491 e. The number of hydrogen-bond donors (Lipinski definition) is 2. The van der Waals surface area contributed by atoms with Crippen LogP contribution in [-0.4, -0.2) is 42.2 Å². The minimum absolute atomic E-state index is 0.176. The number of ether oxygens (including phenoxy) is 2. The molecular weight excluding hydrogens is 1110 g/mol. The van der Waals surface area contributed by atoms with E-state index in [4.69, 9.17) is 34.8 Å². The number of amides is 1. The van der Waals surface area contributed by atoms with E-state index in [2.05, 4.69) is 170 Å². The van der Waals surface area contributed by atoms with Gasteiger partial charge in [0.05, 0.1) is 46.9 Å². The Hall–Kier alpha value is -10.6. The monoisotopic (exact) mass is 1190 g/mol. The molecule has 13 nitrogen and oxygen atoms in total. The van der Waals surface area contributed by atoms with Crippen LogP contribution in [0.4, 0.5) is 51.2 Å². The number of carbonyl (C=O) groups excluding carboxylic acids is 1. The van der Waals surface area contributed by atoms with Crippen LogP contribution in [0.15, 0.2) is 227 Å². The Morgan fingerprint density at radius 2 is 0.933 bits per heavy atom. The standard InChI is InChI=1S/C77H71N9O4/c1-8-50-22-14-20-28-67(50)84(10-3)77(87)64-47-53-33-45-63-61-25-17-19-27-66(61)79-72(63)70(53)74(76(64)89-13-6)83-81-56-36-42-59(43-37-56)86(57-38-30-49(7)31-39-57)58-40-34-55(35-41-58)80-82-73-69-52(32-44-62-60-24-16-18-26-65(60)78-71(62)69)46-54(75(73)88-12-5)48-90-85(11-4)68-29-21-15-23-51(68)9-2/h14-47,78-79H,8-13,48H2,1-7H3. The first kappa shape index (κ1) is 58.4. The summed E-state index contributed by atoms with van der Waals surface area (Å²) in [6.07, 6.45) is 1.66. The molecule has 2 N–H and O–H groups in total. The molecule has 0 saturated carbocycles. The average molecular weight is 1190 g/mol. The third-order valence-electron chi connectivity index (χ3n) is 16.9. The zero-order chi connectivity index (χ0) is 61.8. The molecular formula is C77H71N9O4. The summed E-state index contributed by atoms with van der Waals surface area (Å²) in [6, 6.07) is 70.3. The van der Waals surface area contributed by atoms with Crippen LogP contribution in [-0.2, 0) is 24.3 Å². The number of hydrogen-bond acceptors (Lipinski definition) is 10. The van der Waals surface area contributed by atoms with Crippen molar-refractivity contribution in [3.05, 3.63) is 234 Å². The van der Waals surface area contributed by atoms with E-state index in [1.165, 1.54) is 5.56 Å². The van der Waals surface area contributed by atoms with Gasteiger partial charge in [-0.1, -0.05) is 129 Å². The van der Waals surface area contributed by atoms with Crippen molar-refractivity contribution in [1.82, 2.24) is 9.97 Å². The Morgan fingerprint density at radius 3 is 1.47 bits per heavy atom. The fraction of sp³-hybridized carbons (Fsp3) is 0.182. The van der Waals surface area contributed by atoms with Crippen LogP contribution in [0.1, 0.15) is 74.2 Å². The number of fused-ring (bicyclic) bond motifs is 10. The van der Waals surface area contributed by atoms with Crippen molar-refractivity contribution >= 4 is 122 Å². The summed E-state index contributed by atoms with van der Waals surface area (Å²) in [5, 5.41) is 30.0. The molecule has 13 heteroatoms. The summed E-state index contributed by atoms with van der Waals surface area (Å²) in [5.74, 6) is 0.824. The molecule has 1 amide bonds. The summed E-state index contributed by atoms with van der Waals surface area (Å²) in [4.78, 5) is 33.2. The highest BCUT2D eigenvalue weighted by Crippen LogP contribution is 2.48. The van der Waals surface area contributed by atoms with Crippen LogP contribution < -0.4 is 24.3 Å². The van der Waals surface area contributed by atoms with Crippen molar-refractivity contribution in [1.29, 1.82) is 0 Å². The smallest absolute Gasteiger partial charge is 0.262 e. The summed E-state index contributed by atoms with van der Waals surface area (Å²) in [6.45, 7) is 16.5. The Labute approximate surface area is 523 Å². The number of carbonyl (C=O) groups is 1. The Kier molecular flexibility index (Phi) is 16.6. The fourth-order valence-corrected chi connectivity index (χ4v) is 12.5. The van der Waals surface area contributed by atoms with E-state index in [-0.39, 0.29) is 12.5 Å². The van der Waals surface area contributed by atoms with Gasteiger partial charge in [0.1, 0.15) is 18.0 Å². The van der Waals surface area contributed by atoms with Crippen molar-refractivity contribution in [3.63, 3.8) is 0 Å². The number of aryl methyl sites for hydroxylation is 3. The van der Waals surface area contributed by atoms with Gasteiger partial charge in [-0.05, 0) is 166 Å². The van der Waals surface area contributed by atoms with E-state index in [0.717, 1.165) is 123 Å². The highest BCUT2D eigenvalue weighted by molar-refractivity contribution is 6.23. The third kappa shape index (κ3) is 11.0. The van der Waals surface area contributed by atoms with Crippen LogP contribution in [0.25, 0.3) is 65.2 Å². The van der Waals surface area contributed by atoms with E-state index >= 15 is 4.79 Å². The first-order chi connectivity index (χ1) is 44.2. The second-order valence-corrected chi connectivity index (χ2v) is 22.3. The van der Waals surface area contributed by atoms with Gasteiger partial charge in [-0.15, -0.1) is 10.2 Å². The van der Waals surface area contributed by atoms with E-state index < -0.39 is 0 Å². The van der Waals surface area contributed by atoms with Crippen molar-refractivity contribution in [3.8, 4) is 11.5 Å². The number of H-pyrrole nitrogens is 2. The fourth-order valence-electron chi connectivity index (χ4n) is 12.5. The van der Waals surface area contributed by atoms with Crippen molar-refractivity contribution in [2.75, 3.05) is 41.2 Å². The molecule has 13 aromatic rings. The highest BCUT2D eigenvalue weighted by Gasteiger charge is 2.28. The summed E-state index contributed by atoms with van der Waals surface area (Å²) in [7, 11) is 0. The molecule has 0 spiro atoms. The van der Waals surface area contributed by atoms with Crippen LogP contribution in [0.2, 0.25) is 0 Å². The predicted molar refractivity (Wildman–Crippen MR) is 370 cm³/mol. The minimum atomic E-state index is -0.176. The van der Waals surface area contributed by atoms with Gasteiger partial charge in [0.15, 0.2) is 11.5 Å². The SMILES string of the molecule is CCOc1c(CON(CC)c2ccccc2CC)cc2ccc3c4ccccc4[nH]c3c2c1N=Nc1ccc(N(c2ccc(C)cc2)c2ccc(N=Nc3c(OCC)c(C(=O)N(CC)c4ccccc4CC)cc4ccc5c6ccccc6[nH]c5c34)cc2)cc1. The predicted octanol–water partition coefficient (Wildman–Crippen LogP) is 21.4. The minimum Gasteiger partial charge on any atom is -0.491 e. The normalized spacial score (nSPS) is 11.8. The van der Waals surface area contributed by atoms with Crippen LogP contribution in [0.5, 0.6) is 11.5 Å². The number of azo groups is 2. The highest BCUT2D eigenvalue weighted by atomic mass is 16.7. The number of para-hydroxylation sites is 4. The lowest BCUT2D eigenvalue weighted by Crippen LogP contribution is -2.32. The number of hydroxylamine groups is 1. The molecule has 0 aliphatic rings. The first-order valence-corrected chi connectivity index (χ1v) is 31.2. The first-order valence-electron chi connectivity index (χ1n) is 31.2. The molecule has 0 unspecified atom stereocenters. The van der Waals surface area contributed by atoms with E-state index in [1.54, 1.807) is 0 Å². The number of benzene rings is 11. The van der Waals surface area contributed by atoms with Crippen molar-refractivity contribution in [2.45, 2.75) is 67.9 Å². The molecule has 0 saturated heterocycles. The maximum atomic E-state index is 15.1. The van der Waals surface area contributed by atoms with Gasteiger partial charge >= 0.3 is 0 Å². The quantitative estimate of drug-likeness (QED) is 0.0543. The Bertz CT molecular complexity index is 4860. The third-order valence-corrected chi connectivity index (χ3v) is 16.9. The number of nitrogens with one attached hydrogen (secondary N) is 2. The number of anilines is 5. The van der Waals surface area contributed by atoms with Crippen LogP contribution >= 0.6 is 0 Å². The van der Waals surface area contributed by atoms with Crippen molar-refractivity contribution in [2.24, 2.45) is 20.5 Å². The van der Waals surface area contributed by atoms with E-state index in [0.29, 0.717) is 66.1 Å². The molecule has 448 valence electrons. The zero-order valence-electron chi connectivity index (χ0n) is 51.8. The zero-order valence-corrected chi connectivity index (χ0v) is 51.8. The molecule has 0 bridgehead atoms. The maximum Gasteiger partial charge on any atom is 0.262 e. The number of aromatic amines is 2. The second kappa shape index (κ2) is 25.6. The van der Waals surface area contributed by atoms with Gasteiger partial charge in [-0.25, -0.2) is 0 Å². The summed E-state index contributed by atoms with van der Waals surface area (Å²) >= 11 is 0. The van der Waals surface area contributed by atoms with Gasteiger partial charge < -0.3 is 29.2 Å². The molecule has 0 radical (unpaired) electrons. The van der Waals surface area contributed by atoms with Crippen LogP contribution in [0.3, 0.4) is 0 Å². The molecule has 2 aromatic heterocycles. The van der Waals surface area contributed by atoms with Gasteiger partial charge in [0.25, 0.3) is 5.91 Å². The lowest BCUT2D eigenvalue weighted by atomic mass is 9.99. The van der Waals surface area contributed by atoms with Gasteiger partial charge in [0.2, 0.25) is 0 Å². The topological polar surface area (TPSA) is 136 Å². The Morgan fingerprint density at radius 1 is 0.456 bits per heavy atom. The summed E-state index contributed by atoms with van der Waals surface area (Å²) in [5.41, 5.74) is 15.7. The van der Waals surface area contributed by atoms with E-state index in [9.17, 15) is 0 Å². The molecule has 0 fully saturated rings. The van der Waals surface area contributed by atoms with Crippen molar-refractivity contribution < 1.29 is 19.1 Å². The number of aromatic nitrogens is 2. The number of rotatable bonds is 21. The molecule has 0 aliphatic heterocycles. The van der Waals surface area contributed by atoms with E-state index in [1.807, 2.05) is 110 Å².